The van der Waals surface area contributed by atoms with Gasteiger partial charge in [-0.25, -0.2) is 4.98 Å². The number of aromatic nitrogens is 1. The van der Waals surface area contributed by atoms with Gasteiger partial charge in [-0.15, -0.1) is 0 Å². The summed E-state index contributed by atoms with van der Waals surface area (Å²) in [5.41, 5.74) is 0.769. The maximum Gasteiger partial charge on any atom is 0.143 e. The normalized spacial score (nSPS) is 10.6. The van der Waals surface area contributed by atoms with Gasteiger partial charge >= 0.3 is 0 Å². The number of rotatable bonds is 0. The van der Waals surface area contributed by atoms with Gasteiger partial charge in [-0.2, -0.15) is 0 Å². The van der Waals surface area contributed by atoms with Crippen LogP contribution >= 0.6 is 27.5 Å². The van der Waals surface area contributed by atoms with E-state index in [1.165, 1.54) is 0 Å². The summed E-state index contributed by atoms with van der Waals surface area (Å²) in [7, 11) is 0. The van der Waals surface area contributed by atoms with Crippen molar-refractivity contribution >= 4 is 38.4 Å². The Morgan fingerprint density at radius 3 is 2.85 bits per heavy atom. The molecule has 0 aliphatic rings. The van der Waals surface area contributed by atoms with Crippen LogP contribution in [0.5, 0.6) is 5.75 Å². The van der Waals surface area contributed by atoms with Crippen molar-refractivity contribution in [3.63, 3.8) is 0 Å². The fourth-order valence-electron chi connectivity index (χ4n) is 1.11. The number of phenols is 1. The van der Waals surface area contributed by atoms with Crippen molar-refractivity contribution < 1.29 is 5.11 Å². The summed E-state index contributed by atoms with van der Waals surface area (Å²) < 4.78 is 0.729. The number of benzene rings is 1. The molecule has 0 amide bonds. The summed E-state index contributed by atoms with van der Waals surface area (Å²) in [4.78, 5) is 4.12. The summed E-state index contributed by atoms with van der Waals surface area (Å²) in [5.74, 6) is 0.225. The highest BCUT2D eigenvalue weighted by Gasteiger charge is 2.02. The van der Waals surface area contributed by atoms with Crippen LogP contribution in [0.1, 0.15) is 0 Å². The van der Waals surface area contributed by atoms with Gasteiger partial charge in [0.2, 0.25) is 0 Å². The first-order valence-electron chi connectivity index (χ1n) is 3.61. The lowest BCUT2D eigenvalue weighted by Gasteiger charge is -2.00. The molecule has 2 nitrogen and oxygen atoms in total. The molecule has 1 heterocycles. The average molecular weight is 259 g/mol. The quantitative estimate of drug-likeness (QED) is 0.735. The Hall–Kier alpha value is -0.800. The van der Waals surface area contributed by atoms with Crippen molar-refractivity contribution in [1.29, 1.82) is 0 Å². The maximum atomic E-state index is 9.21. The Bertz CT molecular complexity index is 472. The van der Waals surface area contributed by atoms with Crippen LogP contribution in [0, 0.1) is 0 Å². The highest BCUT2D eigenvalue weighted by molar-refractivity contribution is 9.10. The largest absolute Gasteiger partial charge is 0.508 e. The molecular formula is C9H5BrClNO. The minimum Gasteiger partial charge on any atom is -0.508 e. The van der Waals surface area contributed by atoms with Crippen LogP contribution in [-0.2, 0) is 0 Å². The third-order valence-electron chi connectivity index (χ3n) is 1.71. The van der Waals surface area contributed by atoms with Crippen LogP contribution in [-0.4, -0.2) is 10.1 Å². The Morgan fingerprint density at radius 2 is 2.08 bits per heavy atom. The zero-order valence-electron chi connectivity index (χ0n) is 6.46. The van der Waals surface area contributed by atoms with Gasteiger partial charge in [0.05, 0.1) is 9.99 Å². The maximum absolute atomic E-state index is 9.21. The number of pyridine rings is 1. The van der Waals surface area contributed by atoms with Crippen LogP contribution in [0.4, 0.5) is 0 Å². The second kappa shape index (κ2) is 3.16. The molecule has 0 aliphatic heterocycles. The van der Waals surface area contributed by atoms with E-state index in [1.807, 2.05) is 6.07 Å². The number of aromatic hydroxyl groups is 1. The van der Waals surface area contributed by atoms with E-state index in [-0.39, 0.29) is 5.75 Å². The fourth-order valence-corrected chi connectivity index (χ4v) is 1.60. The van der Waals surface area contributed by atoms with Gasteiger partial charge in [-0.1, -0.05) is 11.6 Å². The van der Waals surface area contributed by atoms with Crippen molar-refractivity contribution in [2.24, 2.45) is 0 Å². The lowest BCUT2D eigenvalue weighted by molar-refractivity contribution is 0.476. The van der Waals surface area contributed by atoms with Gasteiger partial charge in [-0.3, -0.25) is 0 Å². The summed E-state index contributed by atoms with van der Waals surface area (Å²) in [6.45, 7) is 0. The van der Waals surface area contributed by atoms with Crippen LogP contribution in [0.3, 0.4) is 0 Å². The summed E-state index contributed by atoms with van der Waals surface area (Å²) in [5, 5.41) is 10.5. The highest BCUT2D eigenvalue weighted by atomic mass is 79.9. The monoisotopic (exact) mass is 257 g/mol. The van der Waals surface area contributed by atoms with Crippen LogP contribution in [0.25, 0.3) is 10.9 Å². The minimum absolute atomic E-state index is 0.225. The van der Waals surface area contributed by atoms with Crippen molar-refractivity contribution in [3.05, 3.63) is 33.9 Å². The van der Waals surface area contributed by atoms with E-state index in [0.717, 1.165) is 15.4 Å². The molecule has 2 rings (SSSR count). The molecule has 0 fully saturated rings. The summed E-state index contributed by atoms with van der Waals surface area (Å²) in [6.07, 6.45) is 0. The molecule has 1 aromatic heterocycles. The van der Waals surface area contributed by atoms with Gasteiger partial charge in [0.15, 0.2) is 0 Å². The standard InChI is InChI=1S/C9H5BrClNO/c10-7-4-5-3-6(13)1-2-8(5)12-9(7)11/h1-4,13H. The van der Waals surface area contributed by atoms with Crippen molar-refractivity contribution in [2.75, 3.05) is 0 Å². The Labute approximate surface area is 88.3 Å². The first kappa shape index (κ1) is 8.78. The van der Waals surface area contributed by atoms with Crippen molar-refractivity contribution in [2.45, 2.75) is 0 Å². The summed E-state index contributed by atoms with van der Waals surface area (Å²) in [6, 6.07) is 6.77. The first-order chi connectivity index (χ1) is 6.16. The molecule has 4 heteroatoms. The molecular weight excluding hydrogens is 253 g/mol. The third kappa shape index (κ3) is 1.62. The minimum atomic E-state index is 0.225. The molecule has 2 aromatic rings. The van der Waals surface area contributed by atoms with Crippen LogP contribution in [0.2, 0.25) is 5.15 Å². The molecule has 0 unspecified atom stereocenters. The zero-order valence-corrected chi connectivity index (χ0v) is 8.80. The van der Waals surface area contributed by atoms with E-state index < -0.39 is 0 Å². The molecule has 0 aliphatic carbocycles. The molecule has 0 bridgehead atoms. The average Bonchev–Trinajstić information content (AvgIpc) is 2.08. The van der Waals surface area contributed by atoms with E-state index in [0.29, 0.717) is 5.15 Å². The molecule has 66 valence electrons. The zero-order chi connectivity index (χ0) is 9.42. The smallest absolute Gasteiger partial charge is 0.143 e. The third-order valence-corrected chi connectivity index (χ3v) is 2.83. The Balaban J connectivity index is 2.81. The second-order valence-corrected chi connectivity index (χ2v) is 3.85. The van der Waals surface area contributed by atoms with E-state index >= 15 is 0 Å². The molecule has 0 saturated carbocycles. The van der Waals surface area contributed by atoms with Crippen molar-refractivity contribution in [1.82, 2.24) is 4.98 Å². The Morgan fingerprint density at radius 1 is 1.31 bits per heavy atom. The highest BCUT2D eigenvalue weighted by Crippen LogP contribution is 2.26. The second-order valence-electron chi connectivity index (χ2n) is 2.64. The van der Waals surface area contributed by atoms with E-state index in [4.69, 9.17) is 11.6 Å². The molecule has 0 saturated heterocycles. The molecule has 0 atom stereocenters. The molecule has 1 N–H and O–H groups in total. The van der Waals surface area contributed by atoms with Gasteiger partial charge in [0.1, 0.15) is 10.9 Å². The first-order valence-corrected chi connectivity index (χ1v) is 4.79. The number of halogens is 2. The van der Waals surface area contributed by atoms with E-state index in [2.05, 4.69) is 20.9 Å². The van der Waals surface area contributed by atoms with Crippen LogP contribution < -0.4 is 0 Å². The fraction of sp³-hybridized carbons (Fsp3) is 0. The number of nitrogens with zero attached hydrogens (tertiary/aromatic N) is 1. The number of hydrogen-bond donors (Lipinski definition) is 1. The number of hydrogen-bond acceptors (Lipinski definition) is 2. The SMILES string of the molecule is Oc1ccc2nc(Cl)c(Br)cc2c1. The van der Waals surface area contributed by atoms with Gasteiger partial charge < -0.3 is 5.11 Å². The lowest BCUT2D eigenvalue weighted by atomic mass is 10.2. The lowest BCUT2D eigenvalue weighted by Crippen LogP contribution is -1.80. The topological polar surface area (TPSA) is 33.1 Å². The molecule has 1 aromatic carbocycles. The van der Waals surface area contributed by atoms with Crippen molar-refractivity contribution in [3.8, 4) is 5.75 Å². The molecule has 0 spiro atoms. The Kier molecular flexibility index (Phi) is 2.14. The predicted octanol–water partition coefficient (Wildman–Crippen LogP) is 3.36. The molecule has 0 radical (unpaired) electrons. The van der Waals surface area contributed by atoms with Gasteiger partial charge in [0.25, 0.3) is 0 Å². The van der Waals surface area contributed by atoms with Gasteiger partial charge in [-0.05, 0) is 40.2 Å². The summed E-state index contributed by atoms with van der Waals surface area (Å²) >= 11 is 9.07. The van der Waals surface area contributed by atoms with E-state index in [9.17, 15) is 5.11 Å². The van der Waals surface area contributed by atoms with Gasteiger partial charge in [0, 0.05) is 5.39 Å². The molecule has 13 heavy (non-hydrogen) atoms. The predicted molar refractivity (Wildman–Crippen MR) is 56.1 cm³/mol. The van der Waals surface area contributed by atoms with Crippen LogP contribution in [0.15, 0.2) is 28.7 Å². The number of fused-ring (bicyclic) bond motifs is 1. The number of phenolic OH excluding ortho intramolecular Hbond substituents is 1. The van der Waals surface area contributed by atoms with E-state index in [1.54, 1.807) is 18.2 Å².